The second-order valence-corrected chi connectivity index (χ2v) is 5.38. The van der Waals surface area contributed by atoms with Crippen LogP contribution in [0.25, 0.3) is 0 Å². The van der Waals surface area contributed by atoms with Crippen molar-refractivity contribution in [1.82, 2.24) is 9.55 Å². The molecule has 0 radical (unpaired) electrons. The van der Waals surface area contributed by atoms with Crippen LogP contribution in [0, 0.1) is 0 Å². The van der Waals surface area contributed by atoms with E-state index in [2.05, 4.69) is 34.3 Å². The molecule has 126 valence electrons. The number of aromatic nitrogens is 2. The Bertz CT molecular complexity index is 662. The van der Waals surface area contributed by atoms with Gasteiger partial charge in [-0.1, -0.05) is 19.1 Å². The first kappa shape index (κ1) is 19.3. The molecule has 2 aromatic rings. The van der Waals surface area contributed by atoms with E-state index in [1.807, 2.05) is 48.9 Å². The number of guanidine groups is 1. The van der Waals surface area contributed by atoms with Crippen molar-refractivity contribution in [3.63, 3.8) is 0 Å². The molecule has 0 saturated carbocycles. The number of nitrogens with two attached hydrogens (primary N) is 1. The van der Waals surface area contributed by atoms with Crippen molar-refractivity contribution in [2.24, 2.45) is 17.8 Å². The zero-order valence-electron chi connectivity index (χ0n) is 14.1. The molecule has 0 aliphatic carbocycles. The summed E-state index contributed by atoms with van der Waals surface area (Å²) in [5.74, 6) is 1.30. The molecular formula is C16H25IN6. The third kappa shape index (κ3) is 5.12. The monoisotopic (exact) mass is 428 g/mol. The molecule has 1 aromatic carbocycles. The lowest BCUT2D eigenvalue weighted by Gasteiger charge is -2.12. The summed E-state index contributed by atoms with van der Waals surface area (Å²) in [6, 6.07) is 8.17. The normalized spacial score (nSPS) is 11.0. The fourth-order valence-electron chi connectivity index (χ4n) is 2.22. The summed E-state index contributed by atoms with van der Waals surface area (Å²) in [5, 5.41) is 3.12. The van der Waals surface area contributed by atoms with Gasteiger partial charge in [-0.2, -0.15) is 0 Å². The van der Waals surface area contributed by atoms with E-state index in [1.165, 1.54) is 5.56 Å². The molecule has 0 saturated heterocycles. The molecule has 6 nitrogen and oxygen atoms in total. The van der Waals surface area contributed by atoms with Gasteiger partial charge in [-0.15, -0.1) is 24.0 Å². The Morgan fingerprint density at radius 3 is 2.74 bits per heavy atom. The molecule has 0 unspecified atom stereocenters. The van der Waals surface area contributed by atoms with Crippen molar-refractivity contribution in [1.29, 1.82) is 0 Å². The molecule has 23 heavy (non-hydrogen) atoms. The lowest BCUT2D eigenvalue weighted by atomic mass is 10.1. The molecule has 2 rings (SSSR count). The van der Waals surface area contributed by atoms with Crippen molar-refractivity contribution >= 4 is 41.6 Å². The maximum atomic E-state index is 5.96. The van der Waals surface area contributed by atoms with Crippen LogP contribution in [0.5, 0.6) is 0 Å². The molecule has 0 bridgehead atoms. The predicted molar refractivity (Wildman–Crippen MR) is 108 cm³/mol. The number of benzene rings is 1. The van der Waals surface area contributed by atoms with Crippen LogP contribution in [-0.2, 0) is 20.0 Å². The van der Waals surface area contributed by atoms with Gasteiger partial charge in [-0.05, 0) is 24.1 Å². The number of hydrogen-bond donors (Lipinski definition) is 2. The lowest BCUT2D eigenvalue weighted by molar-refractivity contribution is 0.801. The average molecular weight is 428 g/mol. The molecule has 0 aliphatic heterocycles. The topological polar surface area (TPSA) is 71.5 Å². The number of aryl methyl sites for hydroxylation is 1. The van der Waals surface area contributed by atoms with Crippen molar-refractivity contribution < 1.29 is 0 Å². The molecule has 3 N–H and O–H groups in total. The smallest absolute Gasteiger partial charge is 0.204 e. The van der Waals surface area contributed by atoms with Crippen LogP contribution in [0.2, 0.25) is 0 Å². The summed E-state index contributed by atoms with van der Waals surface area (Å²) in [6.45, 7) is 2.62. The van der Waals surface area contributed by atoms with E-state index < -0.39 is 0 Å². The van der Waals surface area contributed by atoms with Gasteiger partial charge in [-0.25, -0.2) is 9.98 Å². The summed E-state index contributed by atoms with van der Waals surface area (Å²) in [7, 11) is 5.90. The SMILES string of the molecule is CCc1cccc(NC(N)=NCc2cnc(N(C)C)n2C)c1.I. The number of aliphatic imine (C=N–C) groups is 1. The van der Waals surface area contributed by atoms with Crippen molar-refractivity contribution in [2.75, 3.05) is 24.3 Å². The second-order valence-electron chi connectivity index (χ2n) is 5.38. The van der Waals surface area contributed by atoms with Gasteiger partial charge in [0.25, 0.3) is 0 Å². The Balaban J connectivity index is 0.00000264. The minimum atomic E-state index is 0. The highest BCUT2D eigenvalue weighted by atomic mass is 127. The highest BCUT2D eigenvalue weighted by Gasteiger charge is 2.07. The minimum Gasteiger partial charge on any atom is -0.370 e. The van der Waals surface area contributed by atoms with Gasteiger partial charge >= 0.3 is 0 Å². The first-order chi connectivity index (χ1) is 10.5. The number of imidazole rings is 1. The fourth-order valence-corrected chi connectivity index (χ4v) is 2.22. The van der Waals surface area contributed by atoms with Gasteiger partial charge in [-0.3, -0.25) is 0 Å². The first-order valence-electron chi connectivity index (χ1n) is 7.35. The van der Waals surface area contributed by atoms with Gasteiger partial charge in [0.1, 0.15) is 0 Å². The zero-order valence-corrected chi connectivity index (χ0v) is 16.4. The zero-order chi connectivity index (χ0) is 16.1. The highest BCUT2D eigenvalue weighted by molar-refractivity contribution is 14.0. The molecule has 0 amide bonds. The van der Waals surface area contributed by atoms with Crippen LogP contribution in [0.15, 0.2) is 35.5 Å². The molecule has 7 heteroatoms. The van der Waals surface area contributed by atoms with Gasteiger partial charge < -0.3 is 20.5 Å². The predicted octanol–water partition coefficient (Wildman–Crippen LogP) is 2.59. The number of nitrogens with one attached hydrogen (secondary N) is 1. The van der Waals surface area contributed by atoms with Gasteiger partial charge in [0.15, 0.2) is 5.96 Å². The van der Waals surface area contributed by atoms with Crippen LogP contribution in [0.3, 0.4) is 0 Å². The largest absolute Gasteiger partial charge is 0.370 e. The molecular weight excluding hydrogens is 403 g/mol. The Kier molecular flexibility index (Phi) is 7.34. The number of nitrogens with zero attached hydrogens (tertiary/aromatic N) is 4. The van der Waals surface area contributed by atoms with Crippen LogP contribution >= 0.6 is 24.0 Å². The first-order valence-corrected chi connectivity index (χ1v) is 7.35. The quantitative estimate of drug-likeness (QED) is 0.437. The summed E-state index contributed by atoms with van der Waals surface area (Å²) in [5.41, 5.74) is 9.19. The van der Waals surface area contributed by atoms with E-state index in [1.54, 1.807) is 0 Å². The van der Waals surface area contributed by atoms with E-state index in [0.29, 0.717) is 12.5 Å². The van der Waals surface area contributed by atoms with Crippen LogP contribution in [-0.4, -0.2) is 29.6 Å². The average Bonchev–Trinajstić information content (AvgIpc) is 2.86. The molecule has 0 spiro atoms. The lowest BCUT2D eigenvalue weighted by Crippen LogP contribution is -2.23. The van der Waals surface area contributed by atoms with E-state index >= 15 is 0 Å². The number of hydrogen-bond acceptors (Lipinski definition) is 3. The van der Waals surface area contributed by atoms with E-state index in [0.717, 1.165) is 23.8 Å². The number of anilines is 2. The summed E-state index contributed by atoms with van der Waals surface area (Å²) in [4.78, 5) is 10.7. The maximum Gasteiger partial charge on any atom is 0.204 e. The third-order valence-corrected chi connectivity index (χ3v) is 3.48. The summed E-state index contributed by atoms with van der Waals surface area (Å²) in [6.07, 6.45) is 2.82. The third-order valence-electron chi connectivity index (χ3n) is 3.48. The van der Waals surface area contributed by atoms with Crippen molar-refractivity contribution in [3.05, 3.63) is 41.7 Å². The summed E-state index contributed by atoms with van der Waals surface area (Å²) >= 11 is 0. The molecule has 1 aromatic heterocycles. The second kappa shape index (κ2) is 8.76. The summed E-state index contributed by atoms with van der Waals surface area (Å²) < 4.78 is 2.01. The van der Waals surface area contributed by atoms with E-state index in [9.17, 15) is 0 Å². The van der Waals surface area contributed by atoms with Crippen LogP contribution in [0.1, 0.15) is 18.2 Å². The molecule has 0 fully saturated rings. The maximum absolute atomic E-state index is 5.96. The van der Waals surface area contributed by atoms with E-state index in [-0.39, 0.29) is 24.0 Å². The number of rotatable bonds is 5. The Morgan fingerprint density at radius 2 is 2.13 bits per heavy atom. The highest BCUT2D eigenvalue weighted by Crippen LogP contribution is 2.13. The minimum absolute atomic E-state index is 0. The standard InChI is InChI=1S/C16H24N6.HI/c1-5-12-7-6-8-13(9-12)20-15(17)18-10-14-11-19-16(21(2)3)22(14)4;/h6-9,11H,5,10H2,1-4H3,(H3,17,18,20);1H. The van der Waals surface area contributed by atoms with Crippen LogP contribution in [0.4, 0.5) is 11.6 Å². The number of halogens is 1. The Morgan fingerprint density at radius 1 is 1.39 bits per heavy atom. The van der Waals surface area contributed by atoms with Gasteiger partial charge in [0.2, 0.25) is 5.95 Å². The van der Waals surface area contributed by atoms with E-state index in [4.69, 9.17) is 5.73 Å². The van der Waals surface area contributed by atoms with Crippen molar-refractivity contribution in [2.45, 2.75) is 19.9 Å². The molecule has 0 atom stereocenters. The van der Waals surface area contributed by atoms with Crippen LogP contribution < -0.4 is 16.0 Å². The van der Waals surface area contributed by atoms with Gasteiger partial charge in [0, 0.05) is 26.8 Å². The molecule has 1 heterocycles. The Hall–Kier alpha value is -1.77. The van der Waals surface area contributed by atoms with Gasteiger partial charge in [0.05, 0.1) is 18.4 Å². The molecule has 0 aliphatic rings. The fraction of sp³-hybridized carbons (Fsp3) is 0.375. The Labute approximate surface area is 154 Å². The van der Waals surface area contributed by atoms with Crippen molar-refractivity contribution in [3.8, 4) is 0 Å².